The molecule has 1 N–H and O–H groups in total. The molecule has 4 rings (SSSR count). The highest BCUT2D eigenvalue weighted by Crippen LogP contribution is 2.32. The van der Waals surface area contributed by atoms with Crippen LogP contribution in [0.25, 0.3) is 20.8 Å². The fourth-order valence-electron chi connectivity index (χ4n) is 3.22. The number of rotatable bonds is 4. The molecule has 1 aliphatic rings. The van der Waals surface area contributed by atoms with Gasteiger partial charge < -0.3 is 10.2 Å². The van der Waals surface area contributed by atoms with Crippen molar-refractivity contribution >= 4 is 33.1 Å². The highest BCUT2D eigenvalue weighted by molar-refractivity contribution is 7.21. The van der Waals surface area contributed by atoms with Gasteiger partial charge in [0, 0.05) is 24.3 Å². The third-order valence-electron chi connectivity index (χ3n) is 4.71. The third kappa shape index (κ3) is 3.93. The third-order valence-corrected chi connectivity index (χ3v) is 5.79. The highest BCUT2D eigenvalue weighted by Gasteiger charge is 2.16. The van der Waals surface area contributed by atoms with Crippen molar-refractivity contribution < 1.29 is 13.6 Å². The zero-order valence-electron chi connectivity index (χ0n) is 14.7. The average molecular weight is 387 g/mol. The number of thiazole rings is 1. The lowest BCUT2D eigenvalue weighted by Crippen LogP contribution is -2.39. The second-order valence-corrected chi connectivity index (χ2v) is 7.66. The molecule has 1 saturated heterocycles. The Labute approximate surface area is 159 Å². The van der Waals surface area contributed by atoms with Gasteiger partial charge in [0.2, 0.25) is 5.91 Å². The Kier molecular flexibility index (Phi) is 5.03. The van der Waals surface area contributed by atoms with Crippen LogP contribution in [-0.4, -0.2) is 35.4 Å². The van der Waals surface area contributed by atoms with Gasteiger partial charge in [0.05, 0.1) is 16.8 Å². The van der Waals surface area contributed by atoms with E-state index in [0.29, 0.717) is 10.6 Å². The summed E-state index contributed by atoms with van der Waals surface area (Å²) in [4.78, 5) is 18.7. The fourth-order valence-corrected chi connectivity index (χ4v) is 4.17. The van der Waals surface area contributed by atoms with Crippen LogP contribution in [0.4, 0.5) is 14.5 Å². The van der Waals surface area contributed by atoms with E-state index in [1.165, 1.54) is 23.8 Å². The summed E-state index contributed by atoms with van der Waals surface area (Å²) in [6.07, 6.45) is 3.34. The van der Waals surface area contributed by atoms with E-state index in [1.807, 2.05) is 23.1 Å². The first-order valence-electron chi connectivity index (χ1n) is 8.98. The number of anilines is 1. The molecule has 0 radical (unpaired) electrons. The summed E-state index contributed by atoms with van der Waals surface area (Å²) in [6.45, 7) is 1.93. The van der Waals surface area contributed by atoms with Gasteiger partial charge in [-0.2, -0.15) is 0 Å². The lowest BCUT2D eigenvalue weighted by molar-refractivity contribution is -0.130. The van der Waals surface area contributed by atoms with Gasteiger partial charge >= 0.3 is 0 Å². The van der Waals surface area contributed by atoms with Gasteiger partial charge in [-0.1, -0.05) is 0 Å². The number of hydrogen-bond acceptors (Lipinski definition) is 4. The lowest BCUT2D eigenvalue weighted by atomic mass is 10.1. The molecule has 140 valence electrons. The number of carbonyl (C=O) groups excluding carboxylic acids is 1. The van der Waals surface area contributed by atoms with E-state index < -0.39 is 11.6 Å². The Morgan fingerprint density at radius 1 is 1.07 bits per heavy atom. The number of amides is 1. The summed E-state index contributed by atoms with van der Waals surface area (Å²) in [5, 5.41) is 3.79. The molecule has 0 atom stereocenters. The molecule has 7 heteroatoms. The fraction of sp³-hybridized carbons (Fsp3) is 0.300. The first-order valence-corrected chi connectivity index (χ1v) is 9.79. The molecule has 0 saturated carbocycles. The number of nitrogens with zero attached hydrogens (tertiary/aromatic N) is 2. The molecule has 1 amide bonds. The summed E-state index contributed by atoms with van der Waals surface area (Å²) < 4.78 is 27.5. The Morgan fingerprint density at radius 3 is 2.67 bits per heavy atom. The molecule has 2 heterocycles. The number of carbonyl (C=O) groups is 1. The largest absolute Gasteiger partial charge is 0.376 e. The SMILES string of the molecule is O=C(CNc1ccc2sc(-c3ccc(F)c(F)c3)nc2c1)N1CCCCC1. The minimum absolute atomic E-state index is 0.107. The quantitative estimate of drug-likeness (QED) is 0.708. The average Bonchev–Trinajstić information content (AvgIpc) is 3.12. The number of likely N-dealkylation sites (tertiary alicyclic amines) is 1. The maximum atomic E-state index is 13.5. The van der Waals surface area contributed by atoms with Crippen LogP contribution in [0.5, 0.6) is 0 Å². The molecular formula is C20H19F2N3OS. The molecule has 0 aliphatic carbocycles. The zero-order valence-corrected chi connectivity index (χ0v) is 15.5. The smallest absolute Gasteiger partial charge is 0.241 e. The van der Waals surface area contributed by atoms with Crippen molar-refractivity contribution in [3.63, 3.8) is 0 Å². The molecule has 27 heavy (non-hydrogen) atoms. The molecule has 1 aromatic heterocycles. The summed E-state index contributed by atoms with van der Waals surface area (Å²) in [5.74, 6) is -1.65. The van der Waals surface area contributed by atoms with Crippen LogP contribution in [-0.2, 0) is 4.79 Å². The van der Waals surface area contributed by atoms with E-state index in [0.717, 1.165) is 54.0 Å². The van der Waals surface area contributed by atoms with E-state index in [4.69, 9.17) is 0 Å². The van der Waals surface area contributed by atoms with Crippen molar-refractivity contribution in [2.24, 2.45) is 0 Å². The van der Waals surface area contributed by atoms with Crippen LogP contribution < -0.4 is 5.32 Å². The Balaban J connectivity index is 1.49. The Morgan fingerprint density at radius 2 is 1.89 bits per heavy atom. The van der Waals surface area contributed by atoms with Crippen LogP contribution in [0.3, 0.4) is 0 Å². The second-order valence-electron chi connectivity index (χ2n) is 6.63. The van der Waals surface area contributed by atoms with Crippen molar-refractivity contribution in [1.29, 1.82) is 0 Å². The standard InChI is InChI=1S/C20H19F2N3OS/c21-15-6-4-13(10-16(15)22)20-24-17-11-14(5-7-18(17)27-20)23-12-19(26)25-8-2-1-3-9-25/h4-7,10-11,23H,1-3,8-9,12H2. The van der Waals surface area contributed by atoms with Crippen molar-refractivity contribution in [3.8, 4) is 10.6 Å². The Bertz CT molecular complexity index is 983. The topological polar surface area (TPSA) is 45.2 Å². The van der Waals surface area contributed by atoms with Crippen molar-refractivity contribution in [2.45, 2.75) is 19.3 Å². The number of halogens is 2. The number of fused-ring (bicyclic) bond motifs is 1. The highest BCUT2D eigenvalue weighted by atomic mass is 32.1. The van der Waals surface area contributed by atoms with Crippen molar-refractivity contribution in [1.82, 2.24) is 9.88 Å². The van der Waals surface area contributed by atoms with Crippen molar-refractivity contribution in [2.75, 3.05) is 25.0 Å². The summed E-state index contributed by atoms with van der Waals surface area (Å²) in [5.41, 5.74) is 2.12. The number of benzene rings is 2. The van der Waals surface area contributed by atoms with E-state index in [2.05, 4.69) is 10.3 Å². The van der Waals surface area contributed by atoms with Gasteiger partial charge in [0.25, 0.3) is 0 Å². The molecular weight excluding hydrogens is 368 g/mol. The van der Waals surface area contributed by atoms with Crippen LogP contribution in [0, 0.1) is 11.6 Å². The van der Waals surface area contributed by atoms with Crippen LogP contribution in [0.2, 0.25) is 0 Å². The van der Waals surface area contributed by atoms with Gasteiger partial charge in [-0.3, -0.25) is 4.79 Å². The molecule has 1 fully saturated rings. The number of aromatic nitrogens is 1. The minimum Gasteiger partial charge on any atom is -0.376 e. The van der Waals surface area contributed by atoms with Crippen LogP contribution in [0.1, 0.15) is 19.3 Å². The predicted octanol–water partition coefficient (Wildman–Crippen LogP) is 4.67. The van der Waals surface area contributed by atoms with Gasteiger partial charge in [-0.05, 0) is 55.7 Å². The minimum atomic E-state index is -0.884. The monoisotopic (exact) mass is 387 g/mol. The maximum absolute atomic E-state index is 13.5. The van der Waals surface area contributed by atoms with Gasteiger partial charge in [-0.15, -0.1) is 11.3 Å². The summed E-state index contributed by atoms with van der Waals surface area (Å²) in [6, 6.07) is 9.48. The predicted molar refractivity (Wildman–Crippen MR) is 104 cm³/mol. The molecule has 1 aliphatic heterocycles. The van der Waals surface area contributed by atoms with Gasteiger partial charge in [-0.25, -0.2) is 13.8 Å². The van der Waals surface area contributed by atoms with Crippen molar-refractivity contribution in [3.05, 3.63) is 48.0 Å². The van der Waals surface area contributed by atoms with E-state index in [9.17, 15) is 13.6 Å². The van der Waals surface area contributed by atoms with E-state index >= 15 is 0 Å². The molecule has 3 aromatic rings. The zero-order chi connectivity index (χ0) is 18.8. The van der Waals surface area contributed by atoms with E-state index in [1.54, 1.807) is 0 Å². The molecule has 0 spiro atoms. The number of hydrogen-bond donors (Lipinski definition) is 1. The summed E-state index contributed by atoms with van der Waals surface area (Å²) in [7, 11) is 0. The Hall–Kier alpha value is -2.54. The first-order chi connectivity index (χ1) is 13.1. The molecule has 0 bridgehead atoms. The number of nitrogens with one attached hydrogen (secondary N) is 1. The normalized spacial score (nSPS) is 14.5. The van der Waals surface area contributed by atoms with Gasteiger partial charge in [0.1, 0.15) is 5.01 Å². The van der Waals surface area contributed by atoms with Gasteiger partial charge in [0.15, 0.2) is 11.6 Å². The molecule has 2 aromatic carbocycles. The second kappa shape index (κ2) is 7.60. The summed E-state index contributed by atoms with van der Waals surface area (Å²) >= 11 is 1.42. The number of piperidine rings is 1. The molecule has 0 unspecified atom stereocenters. The maximum Gasteiger partial charge on any atom is 0.241 e. The first kappa shape index (κ1) is 17.9. The van der Waals surface area contributed by atoms with Crippen LogP contribution >= 0.6 is 11.3 Å². The molecule has 4 nitrogen and oxygen atoms in total. The lowest BCUT2D eigenvalue weighted by Gasteiger charge is -2.26. The van der Waals surface area contributed by atoms with E-state index in [-0.39, 0.29) is 12.5 Å². The van der Waals surface area contributed by atoms with Crippen LogP contribution in [0.15, 0.2) is 36.4 Å².